The lowest BCUT2D eigenvalue weighted by atomic mass is 10.1. The number of hydrogen-bond donors (Lipinski definition) is 0. The van der Waals surface area contributed by atoms with Crippen LogP contribution in [0.5, 0.6) is 0 Å². The lowest BCUT2D eigenvalue weighted by molar-refractivity contribution is -0.118. The standard InChI is InChI=1S/C15H17N3O/c1-12(2)10-15(19)17-13-8-9-18(16-11-13)14-6-4-3-5-7-14/h3-9,11-12H,10H2,1-2H3/b17-13-. The average Bonchev–Trinajstić information content (AvgIpc) is 2.39. The van der Waals surface area contributed by atoms with Gasteiger partial charge in [0, 0.05) is 12.6 Å². The zero-order chi connectivity index (χ0) is 13.7. The average molecular weight is 255 g/mol. The minimum Gasteiger partial charge on any atom is -0.273 e. The molecule has 19 heavy (non-hydrogen) atoms. The van der Waals surface area contributed by atoms with E-state index in [9.17, 15) is 4.79 Å². The minimum atomic E-state index is -0.103. The summed E-state index contributed by atoms with van der Waals surface area (Å²) in [4.78, 5) is 15.6. The van der Waals surface area contributed by atoms with Gasteiger partial charge in [0.2, 0.25) is 5.91 Å². The van der Waals surface area contributed by atoms with Crippen LogP contribution in [0.2, 0.25) is 0 Å². The third-order valence-corrected chi connectivity index (χ3v) is 2.56. The highest BCUT2D eigenvalue weighted by atomic mass is 16.1. The highest BCUT2D eigenvalue weighted by Crippen LogP contribution is 2.02. The van der Waals surface area contributed by atoms with Crippen molar-refractivity contribution in [3.8, 4) is 5.69 Å². The number of aromatic nitrogens is 2. The molecule has 0 spiro atoms. The number of benzene rings is 1. The number of amides is 1. The van der Waals surface area contributed by atoms with Crippen molar-refractivity contribution < 1.29 is 4.79 Å². The van der Waals surface area contributed by atoms with Gasteiger partial charge >= 0.3 is 0 Å². The van der Waals surface area contributed by atoms with Crippen molar-refractivity contribution in [3.05, 3.63) is 54.1 Å². The molecule has 0 unspecified atom stereocenters. The van der Waals surface area contributed by atoms with Gasteiger partial charge in [0.25, 0.3) is 0 Å². The molecule has 0 atom stereocenters. The van der Waals surface area contributed by atoms with Gasteiger partial charge < -0.3 is 0 Å². The zero-order valence-corrected chi connectivity index (χ0v) is 11.2. The summed E-state index contributed by atoms with van der Waals surface area (Å²) < 4.78 is 1.74. The van der Waals surface area contributed by atoms with Crippen molar-refractivity contribution in [1.82, 2.24) is 9.78 Å². The monoisotopic (exact) mass is 255 g/mol. The van der Waals surface area contributed by atoms with Crippen LogP contribution in [0.25, 0.3) is 5.69 Å². The van der Waals surface area contributed by atoms with Crippen molar-refractivity contribution in [2.24, 2.45) is 10.9 Å². The Kier molecular flexibility index (Phi) is 4.23. The summed E-state index contributed by atoms with van der Waals surface area (Å²) in [6.07, 6.45) is 3.87. The second-order valence-corrected chi connectivity index (χ2v) is 4.77. The number of para-hydroxylation sites is 1. The summed E-state index contributed by atoms with van der Waals surface area (Å²) in [5.41, 5.74) is 0.975. The third-order valence-electron chi connectivity index (χ3n) is 2.56. The van der Waals surface area contributed by atoms with Gasteiger partial charge in [0.05, 0.1) is 17.2 Å². The van der Waals surface area contributed by atoms with E-state index in [1.165, 1.54) is 0 Å². The van der Waals surface area contributed by atoms with Crippen molar-refractivity contribution in [1.29, 1.82) is 0 Å². The fourth-order valence-electron chi connectivity index (χ4n) is 1.69. The van der Waals surface area contributed by atoms with E-state index in [0.717, 1.165) is 5.69 Å². The van der Waals surface area contributed by atoms with Crippen molar-refractivity contribution >= 4 is 5.91 Å². The Morgan fingerprint density at radius 1 is 1.26 bits per heavy atom. The summed E-state index contributed by atoms with van der Waals surface area (Å²) in [7, 11) is 0. The van der Waals surface area contributed by atoms with Gasteiger partial charge in [-0.2, -0.15) is 5.10 Å². The van der Waals surface area contributed by atoms with Crippen LogP contribution in [0, 0.1) is 5.92 Å². The molecule has 4 heteroatoms. The van der Waals surface area contributed by atoms with E-state index in [1.54, 1.807) is 23.1 Å². The number of carbonyl (C=O) groups excluding carboxylic acids is 1. The first kappa shape index (κ1) is 13.2. The Hall–Kier alpha value is -2.23. The van der Waals surface area contributed by atoms with Gasteiger partial charge in [0.15, 0.2) is 0 Å². The van der Waals surface area contributed by atoms with Gasteiger partial charge in [-0.15, -0.1) is 0 Å². The molecule has 98 valence electrons. The lowest BCUT2D eigenvalue weighted by Crippen LogP contribution is -2.12. The maximum atomic E-state index is 11.6. The molecule has 0 N–H and O–H groups in total. The van der Waals surface area contributed by atoms with E-state index in [4.69, 9.17) is 0 Å². The van der Waals surface area contributed by atoms with Crippen LogP contribution in [0.15, 0.2) is 53.8 Å². The Morgan fingerprint density at radius 2 is 2.00 bits per heavy atom. The van der Waals surface area contributed by atoms with Crippen LogP contribution >= 0.6 is 0 Å². The predicted molar refractivity (Wildman–Crippen MR) is 73.6 cm³/mol. The van der Waals surface area contributed by atoms with E-state index < -0.39 is 0 Å². The van der Waals surface area contributed by atoms with E-state index >= 15 is 0 Å². The molecule has 0 aliphatic rings. The molecule has 4 nitrogen and oxygen atoms in total. The molecule has 1 aromatic carbocycles. The highest BCUT2D eigenvalue weighted by Gasteiger charge is 2.02. The van der Waals surface area contributed by atoms with Crippen LogP contribution in [0.3, 0.4) is 0 Å². The second kappa shape index (κ2) is 6.09. The minimum absolute atomic E-state index is 0.103. The second-order valence-electron chi connectivity index (χ2n) is 4.77. The third kappa shape index (κ3) is 3.88. The maximum Gasteiger partial charge on any atom is 0.246 e. The van der Waals surface area contributed by atoms with Crippen LogP contribution in [-0.2, 0) is 4.79 Å². The van der Waals surface area contributed by atoms with Crippen LogP contribution < -0.4 is 5.36 Å². The summed E-state index contributed by atoms with van der Waals surface area (Å²) in [5, 5.41) is 4.85. The SMILES string of the molecule is CC(C)CC(=O)/N=c1/ccn(-c2ccccc2)nc1. The first-order valence-electron chi connectivity index (χ1n) is 6.33. The van der Waals surface area contributed by atoms with Crippen molar-refractivity contribution in [2.75, 3.05) is 0 Å². The number of carbonyl (C=O) groups is 1. The Balaban J connectivity index is 2.19. The molecule has 2 aromatic rings. The number of rotatable bonds is 3. The van der Waals surface area contributed by atoms with Crippen LogP contribution in [-0.4, -0.2) is 15.7 Å². The summed E-state index contributed by atoms with van der Waals surface area (Å²) >= 11 is 0. The maximum absolute atomic E-state index is 11.6. The molecular weight excluding hydrogens is 238 g/mol. The zero-order valence-electron chi connectivity index (χ0n) is 11.2. The molecule has 0 saturated heterocycles. The summed E-state index contributed by atoms with van der Waals surface area (Å²) in [6.45, 7) is 4.00. The smallest absolute Gasteiger partial charge is 0.246 e. The molecule has 0 bridgehead atoms. The van der Waals surface area contributed by atoms with E-state index in [2.05, 4.69) is 10.1 Å². The fraction of sp³-hybridized carbons (Fsp3) is 0.267. The van der Waals surface area contributed by atoms with Gasteiger partial charge in [0.1, 0.15) is 0 Å². The summed E-state index contributed by atoms with van der Waals surface area (Å²) in [5.74, 6) is 0.219. The first-order chi connectivity index (χ1) is 9.15. The predicted octanol–water partition coefficient (Wildman–Crippen LogP) is 2.35. The number of nitrogens with zero attached hydrogens (tertiary/aromatic N) is 3. The molecule has 0 aliphatic heterocycles. The lowest BCUT2D eigenvalue weighted by Gasteiger charge is -2.03. The molecule has 1 aromatic heterocycles. The molecular formula is C15H17N3O. The Morgan fingerprint density at radius 3 is 2.58 bits per heavy atom. The Bertz CT molecular complexity index is 594. The molecule has 0 radical (unpaired) electrons. The number of hydrogen-bond acceptors (Lipinski definition) is 2. The van der Waals surface area contributed by atoms with E-state index in [0.29, 0.717) is 17.7 Å². The van der Waals surface area contributed by atoms with Gasteiger partial charge in [-0.05, 0) is 24.1 Å². The fourth-order valence-corrected chi connectivity index (χ4v) is 1.69. The van der Waals surface area contributed by atoms with Gasteiger partial charge in [-0.3, -0.25) is 4.79 Å². The van der Waals surface area contributed by atoms with Crippen molar-refractivity contribution in [2.45, 2.75) is 20.3 Å². The molecule has 1 heterocycles. The van der Waals surface area contributed by atoms with E-state index in [-0.39, 0.29) is 5.91 Å². The topological polar surface area (TPSA) is 47.2 Å². The quantitative estimate of drug-likeness (QED) is 0.845. The first-order valence-corrected chi connectivity index (χ1v) is 6.33. The van der Waals surface area contributed by atoms with Gasteiger partial charge in [-0.1, -0.05) is 32.0 Å². The van der Waals surface area contributed by atoms with Crippen molar-refractivity contribution in [3.63, 3.8) is 0 Å². The molecule has 0 aliphatic carbocycles. The molecule has 0 saturated carbocycles. The largest absolute Gasteiger partial charge is 0.273 e. The Labute approximate surface area is 112 Å². The normalized spacial score (nSPS) is 11.8. The molecule has 0 fully saturated rings. The van der Waals surface area contributed by atoms with Gasteiger partial charge in [-0.25, -0.2) is 9.67 Å². The molecule has 2 rings (SSSR count). The van der Waals surface area contributed by atoms with E-state index in [1.807, 2.05) is 44.2 Å². The van der Waals surface area contributed by atoms with Crippen LogP contribution in [0.1, 0.15) is 20.3 Å². The van der Waals surface area contributed by atoms with Crippen LogP contribution in [0.4, 0.5) is 0 Å². The highest BCUT2D eigenvalue weighted by molar-refractivity contribution is 5.77. The molecule has 1 amide bonds. The summed E-state index contributed by atoms with van der Waals surface area (Å²) in [6, 6.07) is 11.6.